The van der Waals surface area contributed by atoms with E-state index in [1.54, 1.807) is 18.5 Å². The number of rotatable bonds is 6. The second-order valence-corrected chi connectivity index (χ2v) is 4.70. The summed E-state index contributed by atoms with van der Waals surface area (Å²) in [4.78, 5) is 16.5. The van der Waals surface area contributed by atoms with Gasteiger partial charge in [-0.2, -0.15) is 10.2 Å². The summed E-state index contributed by atoms with van der Waals surface area (Å²) >= 11 is 0. The minimum absolute atomic E-state index is 0.174. The number of pyridine rings is 1. The molecule has 0 aliphatic carbocycles. The highest BCUT2D eigenvalue weighted by atomic mass is 16.1. The Kier molecular flexibility index (Phi) is 5.20. The van der Waals surface area contributed by atoms with Crippen molar-refractivity contribution in [2.45, 2.75) is 26.8 Å². The van der Waals surface area contributed by atoms with Crippen LogP contribution in [0.4, 0.5) is 5.69 Å². The van der Waals surface area contributed by atoms with E-state index in [0.717, 1.165) is 24.3 Å². The summed E-state index contributed by atoms with van der Waals surface area (Å²) in [5.41, 5.74) is 2.94. The summed E-state index contributed by atoms with van der Waals surface area (Å²) in [6.45, 7) is 5.13. The van der Waals surface area contributed by atoms with E-state index >= 15 is 0 Å². The first kappa shape index (κ1) is 14.9. The van der Waals surface area contributed by atoms with Gasteiger partial charge in [-0.05, 0) is 31.5 Å². The molecule has 0 bridgehead atoms. The molecule has 0 saturated heterocycles. The minimum atomic E-state index is -0.174. The molecule has 2 aromatic heterocycles. The summed E-state index contributed by atoms with van der Waals surface area (Å²) in [6.07, 6.45) is 4.18. The molecular formula is C15H19N5O. The molecule has 0 aliphatic rings. The van der Waals surface area contributed by atoms with E-state index in [-0.39, 0.29) is 5.91 Å². The Morgan fingerprint density at radius 2 is 2.24 bits per heavy atom. The Bertz CT molecular complexity index is 600. The average Bonchev–Trinajstić information content (AvgIpc) is 2.51. The quantitative estimate of drug-likeness (QED) is 0.847. The smallest absolute Gasteiger partial charge is 0.255 e. The van der Waals surface area contributed by atoms with Gasteiger partial charge in [-0.15, -0.1) is 0 Å². The van der Waals surface area contributed by atoms with Crippen molar-refractivity contribution < 1.29 is 4.79 Å². The molecule has 6 heteroatoms. The molecule has 0 atom stereocenters. The molecule has 0 unspecified atom stereocenters. The van der Waals surface area contributed by atoms with Gasteiger partial charge in [0.15, 0.2) is 0 Å². The highest BCUT2D eigenvalue weighted by Gasteiger charge is 2.12. The van der Waals surface area contributed by atoms with Crippen LogP contribution in [-0.2, 0) is 6.54 Å². The largest absolute Gasteiger partial charge is 0.384 e. The molecule has 0 aliphatic heterocycles. The van der Waals surface area contributed by atoms with Crippen LogP contribution in [-0.4, -0.2) is 27.6 Å². The van der Waals surface area contributed by atoms with Crippen LogP contribution in [0.3, 0.4) is 0 Å². The Morgan fingerprint density at radius 1 is 1.38 bits per heavy atom. The Balaban J connectivity index is 2.07. The standard InChI is InChI=1S/C15H19N5O/c1-3-6-16-14-8-11(2)17-10-13(14)15(21)18-9-12-5-4-7-19-20-12/h4-5,7-8,10H,3,6,9H2,1-2H3,(H,16,17)(H,18,21). The van der Waals surface area contributed by atoms with Crippen molar-refractivity contribution >= 4 is 11.6 Å². The van der Waals surface area contributed by atoms with Crippen LogP contribution >= 0.6 is 0 Å². The number of anilines is 1. The number of hydrogen-bond donors (Lipinski definition) is 2. The van der Waals surface area contributed by atoms with Crippen LogP contribution in [0.1, 0.15) is 35.1 Å². The van der Waals surface area contributed by atoms with Gasteiger partial charge < -0.3 is 10.6 Å². The third-order valence-corrected chi connectivity index (χ3v) is 2.91. The molecule has 0 saturated carbocycles. The monoisotopic (exact) mass is 285 g/mol. The van der Waals surface area contributed by atoms with E-state index in [4.69, 9.17) is 0 Å². The van der Waals surface area contributed by atoms with Gasteiger partial charge in [-0.25, -0.2) is 0 Å². The molecule has 0 spiro atoms. The van der Waals surface area contributed by atoms with E-state index in [1.807, 2.05) is 19.1 Å². The number of carbonyl (C=O) groups excluding carboxylic acids is 1. The van der Waals surface area contributed by atoms with Crippen molar-refractivity contribution in [3.8, 4) is 0 Å². The topological polar surface area (TPSA) is 79.8 Å². The number of aromatic nitrogens is 3. The summed E-state index contributed by atoms with van der Waals surface area (Å²) in [6, 6.07) is 5.49. The molecule has 2 N–H and O–H groups in total. The first-order valence-electron chi connectivity index (χ1n) is 6.96. The highest BCUT2D eigenvalue weighted by Crippen LogP contribution is 2.15. The van der Waals surface area contributed by atoms with Crippen molar-refractivity contribution in [1.82, 2.24) is 20.5 Å². The lowest BCUT2D eigenvalue weighted by atomic mass is 10.2. The Labute approximate surface area is 124 Å². The van der Waals surface area contributed by atoms with Gasteiger partial charge in [0.25, 0.3) is 5.91 Å². The Hall–Kier alpha value is -2.50. The van der Waals surface area contributed by atoms with Gasteiger partial charge in [-0.1, -0.05) is 6.92 Å². The molecule has 2 rings (SSSR count). The van der Waals surface area contributed by atoms with Crippen LogP contribution in [0.25, 0.3) is 0 Å². The fourth-order valence-corrected chi connectivity index (χ4v) is 1.84. The zero-order valence-corrected chi connectivity index (χ0v) is 12.3. The molecule has 21 heavy (non-hydrogen) atoms. The van der Waals surface area contributed by atoms with Crippen LogP contribution in [0.15, 0.2) is 30.6 Å². The minimum Gasteiger partial charge on any atom is -0.384 e. The normalized spacial score (nSPS) is 10.2. The highest BCUT2D eigenvalue weighted by molar-refractivity contribution is 5.99. The zero-order valence-electron chi connectivity index (χ0n) is 12.3. The van der Waals surface area contributed by atoms with E-state index in [0.29, 0.717) is 17.8 Å². The third kappa shape index (κ3) is 4.24. The molecule has 1 amide bonds. The SMILES string of the molecule is CCCNc1cc(C)ncc1C(=O)NCc1cccnn1. The molecule has 110 valence electrons. The van der Waals surface area contributed by atoms with E-state index < -0.39 is 0 Å². The third-order valence-electron chi connectivity index (χ3n) is 2.91. The molecule has 0 fully saturated rings. The van der Waals surface area contributed by atoms with Crippen molar-refractivity contribution in [2.75, 3.05) is 11.9 Å². The number of amides is 1. The molecule has 0 aromatic carbocycles. The Morgan fingerprint density at radius 3 is 2.95 bits per heavy atom. The lowest BCUT2D eigenvalue weighted by molar-refractivity contribution is 0.0950. The van der Waals surface area contributed by atoms with Crippen molar-refractivity contribution in [1.29, 1.82) is 0 Å². The fraction of sp³-hybridized carbons (Fsp3) is 0.333. The average molecular weight is 285 g/mol. The van der Waals surface area contributed by atoms with Crippen molar-refractivity contribution in [3.05, 3.63) is 47.5 Å². The maximum Gasteiger partial charge on any atom is 0.255 e. The molecule has 2 heterocycles. The maximum absolute atomic E-state index is 12.3. The van der Waals surface area contributed by atoms with E-state index in [1.165, 1.54) is 0 Å². The van der Waals surface area contributed by atoms with Crippen LogP contribution in [0.5, 0.6) is 0 Å². The number of aryl methyl sites for hydroxylation is 1. The van der Waals surface area contributed by atoms with Crippen LogP contribution in [0.2, 0.25) is 0 Å². The zero-order chi connectivity index (χ0) is 15.1. The molecular weight excluding hydrogens is 266 g/mol. The predicted octanol–water partition coefficient (Wildman–Crippen LogP) is 1.93. The number of nitrogens with zero attached hydrogens (tertiary/aromatic N) is 3. The lowest BCUT2D eigenvalue weighted by Crippen LogP contribution is -2.25. The number of nitrogens with one attached hydrogen (secondary N) is 2. The summed E-state index contributed by atoms with van der Waals surface area (Å²) in [7, 11) is 0. The molecule has 0 radical (unpaired) electrons. The predicted molar refractivity (Wildman–Crippen MR) is 81.0 cm³/mol. The van der Waals surface area contributed by atoms with Crippen molar-refractivity contribution in [2.24, 2.45) is 0 Å². The molecule has 2 aromatic rings. The second-order valence-electron chi connectivity index (χ2n) is 4.70. The molecule has 6 nitrogen and oxygen atoms in total. The number of carbonyl (C=O) groups is 1. The summed E-state index contributed by atoms with van der Waals surface area (Å²) in [5, 5.41) is 13.8. The fourth-order valence-electron chi connectivity index (χ4n) is 1.84. The van der Waals surface area contributed by atoms with Gasteiger partial charge in [0.05, 0.1) is 23.5 Å². The van der Waals surface area contributed by atoms with Crippen molar-refractivity contribution in [3.63, 3.8) is 0 Å². The van der Waals surface area contributed by atoms with E-state index in [2.05, 4.69) is 32.7 Å². The van der Waals surface area contributed by atoms with E-state index in [9.17, 15) is 4.79 Å². The van der Waals surface area contributed by atoms with Gasteiger partial charge in [-0.3, -0.25) is 9.78 Å². The summed E-state index contributed by atoms with van der Waals surface area (Å²) in [5.74, 6) is -0.174. The van der Waals surface area contributed by atoms with Crippen LogP contribution < -0.4 is 10.6 Å². The summed E-state index contributed by atoms with van der Waals surface area (Å²) < 4.78 is 0. The maximum atomic E-state index is 12.3. The van der Waals surface area contributed by atoms with Gasteiger partial charge >= 0.3 is 0 Å². The first-order chi connectivity index (χ1) is 10.2. The van der Waals surface area contributed by atoms with Gasteiger partial charge in [0.2, 0.25) is 0 Å². The number of hydrogen-bond acceptors (Lipinski definition) is 5. The first-order valence-corrected chi connectivity index (χ1v) is 6.96. The lowest BCUT2D eigenvalue weighted by Gasteiger charge is -2.12. The van der Waals surface area contributed by atoms with Crippen LogP contribution in [0, 0.1) is 6.92 Å². The van der Waals surface area contributed by atoms with Gasteiger partial charge in [0.1, 0.15) is 0 Å². The second kappa shape index (κ2) is 7.33. The van der Waals surface area contributed by atoms with Gasteiger partial charge in [0, 0.05) is 24.6 Å².